The van der Waals surface area contributed by atoms with E-state index in [2.05, 4.69) is 12.2 Å². The number of aryl methyl sites for hydroxylation is 2. The van der Waals surface area contributed by atoms with Crippen LogP contribution in [0.5, 0.6) is 0 Å². The monoisotopic (exact) mass is 382 g/mol. The number of nitrogens with one attached hydrogen (secondary N) is 1. The van der Waals surface area contributed by atoms with E-state index in [-0.39, 0.29) is 10.7 Å². The van der Waals surface area contributed by atoms with Crippen LogP contribution < -0.4 is 10.2 Å². The molecule has 5 heteroatoms. The summed E-state index contributed by atoms with van der Waals surface area (Å²) in [5.41, 5.74) is 4.54. The number of nitrogens with zero attached hydrogens (tertiary/aromatic N) is 1. The molecule has 4 nitrogen and oxygen atoms in total. The number of carbonyl (C=O) groups is 2. The lowest BCUT2D eigenvalue weighted by Gasteiger charge is -2.18. The SMILES string of the molecule is CCCCc1ccc(NC2=C(Cl)C(=O)N(c3cccc(C)c3C)C2=O)cc1. The number of hydrogen-bond donors (Lipinski definition) is 1. The molecule has 0 aromatic heterocycles. The summed E-state index contributed by atoms with van der Waals surface area (Å²) in [6.07, 6.45) is 3.31. The highest BCUT2D eigenvalue weighted by atomic mass is 35.5. The molecule has 140 valence electrons. The maximum atomic E-state index is 12.9. The molecule has 0 aliphatic carbocycles. The Hall–Kier alpha value is -2.59. The molecule has 27 heavy (non-hydrogen) atoms. The van der Waals surface area contributed by atoms with Gasteiger partial charge in [0, 0.05) is 5.69 Å². The molecule has 2 aromatic rings. The lowest BCUT2D eigenvalue weighted by molar-refractivity contribution is -0.120. The van der Waals surface area contributed by atoms with Gasteiger partial charge in [0.05, 0.1) is 5.69 Å². The number of unbranched alkanes of at least 4 members (excludes halogenated alkanes) is 1. The van der Waals surface area contributed by atoms with Gasteiger partial charge < -0.3 is 5.32 Å². The Morgan fingerprint density at radius 1 is 1.00 bits per heavy atom. The number of imide groups is 1. The second-order valence-electron chi connectivity index (χ2n) is 6.78. The Labute approximate surface area is 164 Å². The van der Waals surface area contributed by atoms with Crippen molar-refractivity contribution in [2.24, 2.45) is 0 Å². The van der Waals surface area contributed by atoms with Crippen LogP contribution in [0, 0.1) is 13.8 Å². The summed E-state index contributed by atoms with van der Waals surface area (Å²) in [4.78, 5) is 26.7. The molecular formula is C22H23ClN2O2. The van der Waals surface area contributed by atoms with Gasteiger partial charge in [0.1, 0.15) is 10.7 Å². The molecule has 2 amide bonds. The van der Waals surface area contributed by atoms with Crippen LogP contribution in [0.1, 0.15) is 36.5 Å². The standard InChI is InChI=1S/C22H23ClN2O2/c1-4-5-8-16-10-12-17(13-11-16)24-20-19(23)21(26)25(22(20)27)18-9-6-7-14(2)15(18)3/h6-7,9-13,24H,4-5,8H2,1-3H3. The molecule has 2 aromatic carbocycles. The Morgan fingerprint density at radius 2 is 1.70 bits per heavy atom. The van der Waals surface area contributed by atoms with E-state index in [4.69, 9.17) is 11.6 Å². The topological polar surface area (TPSA) is 49.4 Å². The van der Waals surface area contributed by atoms with Crippen LogP contribution >= 0.6 is 11.6 Å². The second kappa shape index (κ2) is 7.97. The Bertz CT molecular complexity index is 916. The zero-order valence-corrected chi connectivity index (χ0v) is 16.6. The van der Waals surface area contributed by atoms with E-state index in [0.29, 0.717) is 5.69 Å². The van der Waals surface area contributed by atoms with Crippen molar-refractivity contribution >= 4 is 34.8 Å². The minimum atomic E-state index is -0.502. The molecule has 0 fully saturated rings. The van der Waals surface area contributed by atoms with Crippen molar-refractivity contribution in [1.82, 2.24) is 0 Å². The van der Waals surface area contributed by atoms with Crippen LogP contribution in [0.25, 0.3) is 0 Å². The number of carbonyl (C=O) groups excluding carboxylic acids is 2. The summed E-state index contributed by atoms with van der Waals surface area (Å²) in [7, 11) is 0. The molecule has 1 aliphatic rings. The van der Waals surface area contributed by atoms with Gasteiger partial charge in [-0.05, 0) is 61.6 Å². The van der Waals surface area contributed by atoms with Gasteiger partial charge in [-0.1, -0.05) is 49.2 Å². The molecule has 1 aliphatic heterocycles. The molecule has 0 saturated carbocycles. The van der Waals surface area contributed by atoms with Gasteiger partial charge in [-0.15, -0.1) is 0 Å². The lowest BCUT2D eigenvalue weighted by atomic mass is 10.1. The van der Waals surface area contributed by atoms with Crippen LogP contribution in [0.3, 0.4) is 0 Å². The fourth-order valence-corrected chi connectivity index (χ4v) is 3.30. The largest absolute Gasteiger partial charge is 0.350 e. The first-order valence-electron chi connectivity index (χ1n) is 9.14. The Morgan fingerprint density at radius 3 is 2.37 bits per heavy atom. The number of hydrogen-bond acceptors (Lipinski definition) is 3. The Balaban J connectivity index is 1.83. The third kappa shape index (κ3) is 3.76. The quantitative estimate of drug-likeness (QED) is 0.708. The summed E-state index contributed by atoms with van der Waals surface area (Å²) in [5.74, 6) is -0.939. The Kier molecular flexibility index (Phi) is 5.66. The maximum absolute atomic E-state index is 12.9. The number of amides is 2. The average Bonchev–Trinajstić information content (AvgIpc) is 2.87. The summed E-state index contributed by atoms with van der Waals surface area (Å²) in [6, 6.07) is 13.4. The van der Waals surface area contributed by atoms with Crippen molar-refractivity contribution in [3.63, 3.8) is 0 Å². The van der Waals surface area contributed by atoms with E-state index < -0.39 is 11.8 Å². The van der Waals surface area contributed by atoms with E-state index in [1.165, 1.54) is 5.56 Å². The highest BCUT2D eigenvalue weighted by molar-refractivity contribution is 6.53. The van der Waals surface area contributed by atoms with Gasteiger partial charge >= 0.3 is 0 Å². The van der Waals surface area contributed by atoms with E-state index in [0.717, 1.165) is 41.0 Å². The van der Waals surface area contributed by atoms with Crippen LogP contribution in [-0.2, 0) is 16.0 Å². The summed E-state index contributed by atoms with van der Waals surface area (Å²) in [5, 5.41) is 2.94. The number of rotatable bonds is 6. The smallest absolute Gasteiger partial charge is 0.283 e. The van der Waals surface area contributed by atoms with Gasteiger partial charge in [0.25, 0.3) is 11.8 Å². The zero-order chi connectivity index (χ0) is 19.6. The fraction of sp³-hybridized carbons (Fsp3) is 0.273. The molecule has 3 rings (SSSR count). The van der Waals surface area contributed by atoms with Gasteiger partial charge in [0.2, 0.25) is 0 Å². The minimum absolute atomic E-state index is 0.0871. The minimum Gasteiger partial charge on any atom is -0.350 e. The predicted molar refractivity (Wildman–Crippen MR) is 110 cm³/mol. The average molecular weight is 383 g/mol. The number of benzene rings is 2. The van der Waals surface area contributed by atoms with E-state index in [1.54, 1.807) is 6.07 Å². The first kappa shape index (κ1) is 19.2. The van der Waals surface area contributed by atoms with Crippen molar-refractivity contribution in [2.75, 3.05) is 10.2 Å². The molecule has 1 heterocycles. The highest BCUT2D eigenvalue weighted by Crippen LogP contribution is 2.32. The molecule has 0 atom stereocenters. The van der Waals surface area contributed by atoms with Gasteiger partial charge in [-0.25, -0.2) is 4.90 Å². The van der Waals surface area contributed by atoms with Gasteiger partial charge in [-0.3, -0.25) is 9.59 Å². The molecule has 1 N–H and O–H groups in total. The van der Waals surface area contributed by atoms with Crippen molar-refractivity contribution < 1.29 is 9.59 Å². The fourth-order valence-electron chi connectivity index (χ4n) is 3.09. The second-order valence-corrected chi connectivity index (χ2v) is 7.16. The van der Waals surface area contributed by atoms with E-state index in [1.807, 2.05) is 50.2 Å². The first-order valence-corrected chi connectivity index (χ1v) is 9.52. The van der Waals surface area contributed by atoms with E-state index in [9.17, 15) is 9.59 Å². The van der Waals surface area contributed by atoms with Crippen molar-refractivity contribution in [3.05, 3.63) is 69.9 Å². The van der Waals surface area contributed by atoms with Crippen LogP contribution in [0.4, 0.5) is 11.4 Å². The molecular weight excluding hydrogens is 360 g/mol. The molecule has 0 bridgehead atoms. The first-order chi connectivity index (χ1) is 12.9. The van der Waals surface area contributed by atoms with Crippen molar-refractivity contribution in [1.29, 1.82) is 0 Å². The van der Waals surface area contributed by atoms with Crippen molar-refractivity contribution in [3.8, 4) is 0 Å². The summed E-state index contributed by atoms with van der Waals surface area (Å²) in [6.45, 7) is 5.99. The highest BCUT2D eigenvalue weighted by Gasteiger charge is 2.39. The van der Waals surface area contributed by atoms with Gasteiger partial charge in [0.15, 0.2) is 0 Å². The van der Waals surface area contributed by atoms with E-state index >= 15 is 0 Å². The number of anilines is 2. The third-order valence-electron chi connectivity index (χ3n) is 4.89. The predicted octanol–water partition coefficient (Wildman–Crippen LogP) is 5.08. The van der Waals surface area contributed by atoms with Crippen LogP contribution in [0.15, 0.2) is 53.2 Å². The van der Waals surface area contributed by atoms with Crippen molar-refractivity contribution in [2.45, 2.75) is 40.0 Å². The molecule has 0 unspecified atom stereocenters. The normalized spacial score (nSPS) is 14.3. The third-order valence-corrected chi connectivity index (χ3v) is 5.24. The summed E-state index contributed by atoms with van der Waals surface area (Å²) >= 11 is 6.22. The zero-order valence-electron chi connectivity index (χ0n) is 15.8. The van der Waals surface area contributed by atoms with Crippen LogP contribution in [0.2, 0.25) is 0 Å². The maximum Gasteiger partial charge on any atom is 0.283 e. The van der Waals surface area contributed by atoms with Crippen LogP contribution in [-0.4, -0.2) is 11.8 Å². The summed E-state index contributed by atoms with van der Waals surface area (Å²) < 4.78 is 0. The molecule has 0 radical (unpaired) electrons. The molecule has 0 spiro atoms. The number of halogens is 1. The lowest BCUT2D eigenvalue weighted by Crippen LogP contribution is -2.33. The van der Waals surface area contributed by atoms with Gasteiger partial charge in [-0.2, -0.15) is 0 Å². The molecule has 0 saturated heterocycles.